The topological polar surface area (TPSA) is 60.2 Å². The zero-order chi connectivity index (χ0) is 12.3. The van der Waals surface area contributed by atoms with Gasteiger partial charge in [-0.1, -0.05) is 0 Å². The third-order valence-corrected chi connectivity index (χ3v) is 2.67. The first kappa shape index (κ1) is 11.9. The predicted octanol–water partition coefficient (Wildman–Crippen LogP) is 1.14. The van der Waals surface area contributed by atoms with E-state index in [1.165, 1.54) is 0 Å². The van der Waals surface area contributed by atoms with Crippen molar-refractivity contribution in [2.45, 2.75) is 12.6 Å². The third kappa shape index (κ3) is 3.18. The zero-order valence-corrected chi connectivity index (χ0v) is 10.2. The molecule has 2 heterocycles. The van der Waals surface area contributed by atoms with Crippen LogP contribution in [-0.4, -0.2) is 28.3 Å². The number of rotatable bonds is 5. The van der Waals surface area contributed by atoms with Crippen molar-refractivity contribution in [3.05, 3.63) is 42.1 Å². The van der Waals surface area contributed by atoms with Gasteiger partial charge in [0, 0.05) is 31.4 Å². The van der Waals surface area contributed by atoms with Crippen molar-refractivity contribution in [1.29, 1.82) is 0 Å². The van der Waals surface area contributed by atoms with Crippen LogP contribution in [0.2, 0.25) is 0 Å². The van der Waals surface area contributed by atoms with Gasteiger partial charge in [-0.15, -0.1) is 0 Å². The summed E-state index contributed by atoms with van der Waals surface area (Å²) in [6.07, 6.45) is 5.45. The first-order valence-electron chi connectivity index (χ1n) is 5.60. The molecule has 0 spiro atoms. The molecule has 0 aromatic carbocycles. The van der Waals surface area contributed by atoms with E-state index in [0.717, 1.165) is 24.4 Å². The maximum Gasteiger partial charge on any atom is 0.117 e. The Kier molecular flexibility index (Phi) is 3.61. The molecule has 0 fully saturated rings. The molecule has 0 bridgehead atoms. The summed E-state index contributed by atoms with van der Waals surface area (Å²) >= 11 is 0. The van der Waals surface area contributed by atoms with Gasteiger partial charge in [-0.25, -0.2) is 0 Å². The molecule has 92 valence electrons. The van der Waals surface area contributed by atoms with Crippen LogP contribution in [0, 0.1) is 0 Å². The molecule has 2 aromatic rings. The molecule has 2 aromatic heterocycles. The summed E-state index contributed by atoms with van der Waals surface area (Å²) in [5, 5.41) is 4.12. The van der Waals surface area contributed by atoms with E-state index in [4.69, 9.17) is 10.2 Å². The molecule has 0 aliphatic carbocycles. The Morgan fingerprint density at radius 3 is 3.00 bits per heavy atom. The number of aromatic nitrogens is 2. The van der Waals surface area contributed by atoms with Gasteiger partial charge in [0.2, 0.25) is 0 Å². The van der Waals surface area contributed by atoms with Gasteiger partial charge in [0.05, 0.1) is 19.0 Å². The second-order valence-corrected chi connectivity index (χ2v) is 4.33. The molecule has 0 aliphatic rings. The number of furan rings is 1. The highest BCUT2D eigenvalue weighted by molar-refractivity contribution is 5.10. The van der Waals surface area contributed by atoms with E-state index in [0.29, 0.717) is 0 Å². The molecule has 5 heteroatoms. The summed E-state index contributed by atoms with van der Waals surface area (Å²) in [4.78, 5) is 2.14. The summed E-state index contributed by atoms with van der Waals surface area (Å²) in [6, 6.07) is 3.83. The molecule has 0 saturated carbocycles. The van der Waals surface area contributed by atoms with E-state index in [-0.39, 0.29) is 6.04 Å². The lowest BCUT2D eigenvalue weighted by Gasteiger charge is -2.19. The van der Waals surface area contributed by atoms with Crippen LogP contribution in [0.4, 0.5) is 0 Å². The number of nitrogens with two attached hydrogens (primary N) is 1. The molecular weight excluding hydrogens is 216 g/mol. The van der Waals surface area contributed by atoms with Crippen molar-refractivity contribution >= 4 is 0 Å². The molecule has 0 radical (unpaired) electrons. The Morgan fingerprint density at radius 2 is 2.41 bits per heavy atom. The van der Waals surface area contributed by atoms with Gasteiger partial charge in [-0.3, -0.25) is 9.58 Å². The van der Waals surface area contributed by atoms with Crippen LogP contribution in [-0.2, 0) is 13.6 Å². The summed E-state index contributed by atoms with van der Waals surface area (Å²) in [6.45, 7) is 1.54. The molecule has 1 atom stereocenters. The van der Waals surface area contributed by atoms with Crippen molar-refractivity contribution < 1.29 is 4.42 Å². The van der Waals surface area contributed by atoms with Gasteiger partial charge in [0.15, 0.2) is 0 Å². The minimum Gasteiger partial charge on any atom is -0.468 e. The van der Waals surface area contributed by atoms with Gasteiger partial charge >= 0.3 is 0 Å². The van der Waals surface area contributed by atoms with Gasteiger partial charge < -0.3 is 10.2 Å². The molecule has 17 heavy (non-hydrogen) atoms. The summed E-state index contributed by atoms with van der Waals surface area (Å²) in [7, 11) is 3.92. The Morgan fingerprint density at radius 1 is 1.59 bits per heavy atom. The lowest BCUT2D eigenvalue weighted by molar-refractivity contribution is 0.278. The van der Waals surface area contributed by atoms with Crippen LogP contribution >= 0.6 is 0 Å². The zero-order valence-electron chi connectivity index (χ0n) is 10.2. The van der Waals surface area contributed by atoms with Crippen LogP contribution in [0.1, 0.15) is 17.4 Å². The van der Waals surface area contributed by atoms with Crippen molar-refractivity contribution in [2.75, 3.05) is 13.6 Å². The maximum atomic E-state index is 6.11. The first-order chi connectivity index (χ1) is 8.15. The van der Waals surface area contributed by atoms with E-state index in [1.807, 2.05) is 38.6 Å². The fourth-order valence-corrected chi connectivity index (χ4v) is 1.81. The Labute approximate surface area is 101 Å². The highest BCUT2D eigenvalue weighted by Crippen LogP contribution is 2.11. The maximum absolute atomic E-state index is 6.11. The second kappa shape index (κ2) is 5.16. The fourth-order valence-electron chi connectivity index (χ4n) is 1.81. The highest BCUT2D eigenvalue weighted by atomic mass is 16.3. The van der Waals surface area contributed by atoms with E-state index in [2.05, 4.69) is 10.00 Å². The van der Waals surface area contributed by atoms with Crippen LogP contribution in [0.3, 0.4) is 0 Å². The molecule has 2 rings (SSSR count). The number of hydrogen-bond acceptors (Lipinski definition) is 4. The third-order valence-electron chi connectivity index (χ3n) is 2.67. The van der Waals surface area contributed by atoms with Crippen molar-refractivity contribution in [1.82, 2.24) is 14.7 Å². The van der Waals surface area contributed by atoms with E-state index in [1.54, 1.807) is 10.9 Å². The van der Waals surface area contributed by atoms with E-state index < -0.39 is 0 Å². The quantitative estimate of drug-likeness (QED) is 0.843. The summed E-state index contributed by atoms with van der Waals surface area (Å²) in [5.41, 5.74) is 7.17. The highest BCUT2D eigenvalue weighted by Gasteiger charge is 2.11. The van der Waals surface area contributed by atoms with Crippen LogP contribution < -0.4 is 5.73 Å². The molecule has 0 aliphatic heterocycles. The molecule has 5 nitrogen and oxygen atoms in total. The minimum absolute atomic E-state index is 0.0244. The Bertz CT molecular complexity index is 449. The number of nitrogens with zero attached hydrogens (tertiary/aromatic N) is 3. The van der Waals surface area contributed by atoms with Crippen LogP contribution in [0.5, 0.6) is 0 Å². The first-order valence-corrected chi connectivity index (χ1v) is 5.60. The molecular formula is C12H18N4O. The number of aryl methyl sites for hydroxylation is 1. The normalized spacial score (nSPS) is 13.2. The van der Waals surface area contributed by atoms with Crippen molar-refractivity contribution in [2.24, 2.45) is 12.8 Å². The van der Waals surface area contributed by atoms with E-state index in [9.17, 15) is 0 Å². The Balaban J connectivity index is 1.88. The second-order valence-electron chi connectivity index (χ2n) is 4.33. The average molecular weight is 234 g/mol. The smallest absolute Gasteiger partial charge is 0.117 e. The summed E-state index contributed by atoms with van der Waals surface area (Å²) in [5.74, 6) is 0.950. The Hall–Kier alpha value is -1.59. The number of likely N-dealkylation sites (N-methyl/N-ethyl adjacent to an activating group) is 1. The molecule has 2 N–H and O–H groups in total. The van der Waals surface area contributed by atoms with Crippen molar-refractivity contribution in [3.8, 4) is 0 Å². The predicted molar refractivity (Wildman–Crippen MR) is 65.2 cm³/mol. The lowest BCUT2D eigenvalue weighted by Crippen LogP contribution is -2.28. The van der Waals surface area contributed by atoms with Gasteiger partial charge in [-0.05, 0) is 19.2 Å². The molecule has 1 unspecified atom stereocenters. The van der Waals surface area contributed by atoms with Gasteiger partial charge in [0.25, 0.3) is 0 Å². The van der Waals surface area contributed by atoms with Gasteiger partial charge in [-0.2, -0.15) is 5.10 Å². The van der Waals surface area contributed by atoms with Crippen LogP contribution in [0.25, 0.3) is 0 Å². The largest absolute Gasteiger partial charge is 0.468 e. The summed E-state index contributed by atoms with van der Waals surface area (Å²) < 4.78 is 7.06. The standard InChI is InChI=1S/C12H18N4O/c1-15(8-11-4-3-5-17-11)9-12(13)10-6-14-16(2)7-10/h3-7,12H,8-9,13H2,1-2H3. The van der Waals surface area contributed by atoms with Crippen LogP contribution in [0.15, 0.2) is 35.2 Å². The molecule has 0 amide bonds. The fraction of sp³-hybridized carbons (Fsp3) is 0.417. The number of hydrogen-bond donors (Lipinski definition) is 1. The average Bonchev–Trinajstić information content (AvgIpc) is 2.89. The monoisotopic (exact) mass is 234 g/mol. The van der Waals surface area contributed by atoms with Gasteiger partial charge in [0.1, 0.15) is 5.76 Å². The van der Waals surface area contributed by atoms with E-state index >= 15 is 0 Å². The lowest BCUT2D eigenvalue weighted by atomic mass is 10.1. The molecule has 0 saturated heterocycles. The minimum atomic E-state index is -0.0244. The SMILES string of the molecule is CN(Cc1ccco1)CC(N)c1cnn(C)c1. The van der Waals surface area contributed by atoms with Crippen molar-refractivity contribution in [3.63, 3.8) is 0 Å².